The van der Waals surface area contributed by atoms with Gasteiger partial charge in [-0.15, -0.1) is 0 Å². The molecule has 0 unspecified atom stereocenters. The van der Waals surface area contributed by atoms with Gasteiger partial charge in [0.1, 0.15) is 0 Å². The molecule has 0 bridgehead atoms. The lowest BCUT2D eigenvalue weighted by Gasteiger charge is -2.09. The second kappa shape index (κ2) is 11.8. The van der Waals surface area contributed by atoms with E-state index < -0.39 is 22.0 Å². The fourth-order valence-electron chi connectivity index (χ4n) is 2.45. The van der Waals surface area contributed by atoms with Crippen molar-refractivity contribution in [2.24, 2.45) is 0 Å². The maximum Gasteiger partial charge on any atom is 0.414 e. The van der Waals surface area contributed by atoms with E-state index in [1.165, 1.54) is 38.3 Å². The summed E-state index contributed by atoms with van der Waals surface area (Å²) >= 11 is 0. The van der Waals surface area contributed by atoms with Crippen LogP contribution in [0.2, 0.25) is 0 Å². The Morgan fingerprint density at radius 1 is 1.06 bits per heavy atom. The average molecular weight is 465 g/mol. The molecule has 0 spiro atoms. The first kappa shape index (κ1) is 24.8. The number of nitrogens with one attached hydrogen (secondary N) is 3. The van der Waals surface area contributed by atoms with Crippen molar-refractivity contribution in [3.05, 3.63) is 53.7 Å². The molecule has 32 heavy (non-hydrogen) atoms. The summed E-state index contributed by atoms with van der Waals surface area (Å²) in [5.74, 6) is -1.14. The topological polar surface area (TPSA) is 153 Å². The highest BCUT2D eigenvalue weighted by Crippen LogP contribution is 2.14. The number of sulfonamides is 1. The highest BCUT2D eigenvalue weighted by Gasteiger charge is 2.19. The number of rotatable bonds is 10. The number of carbonyl (C=O) groups is 3. The van der Waals surface area contributed by atoms with E-state index in [1.807, 2.05) is 4.72 Å². The van der Waals surface area contributed by atoms with Gasteiger partial charge in [-0.1, -0.05) is 12.1 Å². The Morgan fingerprint density at radius 2 is 1.84 bits per heavy atom. The number of amides is 3. The molecule has 1 aromatic carbocycles. The van der Waals surface area contributed by atoms with Crippen LogP contribution in [-0.4, -0.2) is 58.1 Å². The molecule has 0 fully saturated rings. The van der Waals surface area contributed by atoms with E-state index in [0.29, 0.717) is 25.1 Å². The van der Waals surface area contributed by atoms with E-state index >= 15 is 0 Å². The van der Waals surface area contributed by atoms with Crippen LogP contribution in [0, 0.1) is 0 Å². The molecule has 2 aromatic rings. The SMILES string of the molecule is COCCNC(=O)Oc1ccc(C(=O)NS(=O)(=O)c2cccc(CCNC(C)=O)c2)cn1. The molecule has 0 saturated heterocycles. The van der Waals surface area contributed by atoms with Gasteiger partial charge in [0.15, 0.2) is 0 Å². The number of ether oxygens (including phenoxy) is 2. The predicted octanol–water partition coefficient (Wildman–Crippen LogP) is 0.614. The van der Waals surface area contributed by atoms with Crippen LogP contribution in [0.3, 0.4) is 0 Å². The first-order valence-corrected chi connectivity index (χ1v) is 11.0. The molecule has 0 radical (unpaired) electrons. The summed E-state index contributed by atoms with van der Waals surface area (Å²) in [7, 11) is -2.65. The molecule has 0 atom stereocenters. The van der Waals surface area contributed by atoms with Gasteiger partial charge in [-0.05, 0) is 30.2 Å². The zero-order chi connectivity index (χ0) is 23.6. The Bertz CT molecular complexity index is 1060. The van der Waals surface area contributed by atoms with Crippen LogP contribution >= 0.6 is 0 Å². The summed E-state index contributed by atoms with van der Waals surface area (Å²) in [6, 6.07) is 8.59. The highest BCUT2D eigenvalue weighted by atomic mass is 32.2. The average Bonchev–Trinajstić information content (AvgIpc) is 2.74. The Hall–Kier alpha value is -3.51. The first-order valence-electron chi connectivity index (χ1n) is 9.52. The third-order valence-electron chi connectivity index (χ3n) is 3.99. The van der Waals surface area contributed by atoms with Gasteiger partial charge in [-0.3, -0.25) is 9.59 Å². The monoisotopic (exact) mass is 464 g/mol. The van der Waals surface area contributed by atoms with Crippen molar-refractivity contribution >= 4 is 27.9 Å². The minimum Gasteiger partial charge on any atom is -0.391 e. The fourth-order valence-corrected chi connectivity index (χ4v) is 3.50. The predicted molar refractivity (Wildman–Crippen MR) is 114 cm³/mol. The van der Waals surface area contributed by atoms with E-state index in [-0.39, 0.29) is 28.8 Å². The van der Waals surface area contributed by atoms with Crippen LogP contribution in [0.15, 0.2) is 47.5 Å². The summed E-state index contributed by atoms with van der Waals surface area (Å²) in [6.07, 6.45) is 0.779. The molecule has 2 rings (SSSR count). The number of nitrogens with zero attached hydrogens (tertiary/aromatic N) is 1. The quantitative estimate of drug-likeness (QED) is 0.433. The molecule has 11 nitrogen and oxygen atoms in total. The molecule has 172 valence electrons. The minimum absolute atomic E-state index is 0.0393. The van der Waals surface area contributed by atoms with Crippen molar-refractivity contribution in [2.75, 3.05) is 26.8 Å². The van der Waals surface area contributed by atoms with E-state index in [9.17, 15) is 22.8 Å². The maximum atomic E-state index is 12.6. The van der Waals surface area contributed by atoms with E-state index in [0.717, 1.165) is 6.20 Å². The molecule has 1 aromatic heterocycles. The largest absolute Gasteiger partial charge is 0.414 e. The zero-order valence-electron chi connectivity index (χ0n) is 17.6. The first-order chi connectivity index (χ1) is 15.2. The lowest BCUT2D eigenvalue weighted by atomic mass is 10.1. The second-order valence-corrected chi connectivity index (χ2v) is 8.19. The Balaban J connectivity index is 1.99. The molecule has 3 amide bonds. The lowest BCUT2D eigenvalue weighted by molar-refractivity contribution is -0.118. The number of aromatic nitrogens is 1. The van der Waals surface area contributed by atoms with Crippen molar-refractivity contribution in [1.29, 1.82) is 0 Å². The Kier molecular flexibility index (Phi) is 9.10. The van der Waals surface area contributed by atoms with Crippen LogP contribution in [0.25, 0.3) is 0 Å². The standard InChI is InChI=1S/C20H24N4O7S/c1-14(25)21-9-8-15-4-3-5-17(12-15)32(28,29)24-19(26)16-6-7-18(23-13-16)31-20(27)22-10-11-30-2/h3-7,12-13H,8-11H2,1-2H3,(H,21,25)(H,22,27)(H,24,26). The van der Waals surface area contributed by atoms with E-state index in [2.05, 4.69) is 15.6 Å². The van der Waals surface area contributed by atoms with Gasteiger partial charge in [0.2, 0.25) is 11.8 Å². The van der Waals surface area contributed by atoms with Gasteiger partial charge >= 0.3 is 6.09 Å². The molecule has 1 heterocycles. The van der Waals surface area contributed by atoms with Crippen molar-refractivity contribution in [2.45, 2.75) is 18.2 Å². The van der Waals surface area contributed by atoms with Crippen molar-refractivity contribution in [3.63, 3.8) is 0 Å². The van der Waals surface area contributed by atoms with Crippen molar-refractivity contribution < 1.29 is 32.3 Å². The summed E-state index contributed by atoms with van der Waals surface area (Å²) < 4.78 is 36.9. The van der Waals surface area contributed by atoms with Crippen LogP contribution in [-0.2, 0) is 26.0 Å². The molecular formula is C20H24N4O7S. The molecule has 3 N–H and O–H groups in total. The lowest BCUT2D eigenvalue weighted by Crippen LogP contribution is -2.31. The normalized spacial score (nSPS) is 10.8. The van der Waals surface area contributed by atoms with Gasteiger partial charge in [0.05, 0.1) is 17.1 Å². The molecule has 0 aliphatic rings. The molecule has 0 aliphatic carbocycles. The summed E-state index contributed by atoms with van der Waals surface area (Å²) in [5, 5.41) is 5.06. The molecule has 12 heteroatoms. The zero-order valence-corrected chi connectivity index (χ0v) is 18.4. The summed E-state index contributed by atoms with van der Waals surface area (Å²) in [6.45, 7) is 2.31. The second-order valence-electron chi connectivity index (χ2n) is 6.51. The van der Waals surface area contributed by atoms with Crippen LogP contribution in [0.4, 0.5) is 4.79 Å². The van der Waals surface area contributed by atoms with E-state index in [4.69, 9.17) is 9.47 Å². The smallest absolute Gasteiger partial charge is 0.391 e. The van der Waals surface area contributed by atoms with Crippen LogP contribution < -0.4 is 20.1 Å². The van der Waals surface area contributed by atoms with Crippen molar-refractivity contribution in [3.8, 4) is 5.88 Å². The van der Waals surface area contributed by atoms with Gasteiger partial charge in [-0.2, -0.15) is 0 Å². The van der Waals surface area contributed by atoms with Gasteiger partial charge in [0, 0.05) is 39.4 Å². The van der Waals surface area contributed by atoms with Crippen LogP contribution in [0.1, 0.15) is 22.8 Å². The summed E-state index contributed by atoms with van der Waals surface area (Å²) in [4.78, 5) is 38.6. The molecule has 0 aliphatic heterocycles. The third-order valence-corrected chi connectivity index (χ3v) is 5.32. The molecular weight excluding hydrogens is 440 g/mol. The number of carbonyl (C=O) groups excluding carboxylic acids is 3. The van der Waals surface area contributed by atoms with Gasteiger partial charge in [0.25, 0.3) is 15.9 Å². The maximum absolute atomic E-state index is 12.6. The van der Waals surface area contributed by atoms with Crippen molar-refractivity contribution in [1.82, 2.24) is 20.3 Å². The number of hydrogen-bond donors (Lipinski definition) is 3. The fraction of sp³-hybridized carbons (Fsp3) is 0.300. The third kappa shape index (κ3) is 7.96. The highest BCUT2D eigenvalue weighted by molar-refractivity contribution is 7.90. The van der Waals surface area contributed by atoms with E-state index in [1.54, 1.807) is 12.1 Å². The number of hydrogen-bond acceptors (Lipinski definition) is 8. The Morgan fingerprint density at radius 3 is 2.50 bits per heavy atom. The van der Waals surface area contributed by atoms with Crippen LogP contribution in [0.5, 0.6) is 5.88 Å². The Labute approximate surface area is 185 Å². The number of benzene rings is 1. The number of pyridine rings is 1. The number of methoxy groups -OCH3 is 1. The molecule has 0 saturated carbocycles. The minimum atomic E-state index is -4.14. The van der Waals surface area contributed by atoms with Gasteiger partial charge < -0.3 is 20.1 Å². The summed E-state index contributed by atoms with van der Waals surface area (Å²) in [5.41, 5.74) is 0.642. The van der Waals surface area contributed by atoms with Gasteiger partial charge in [-0.25, -0.2) is 22.9 Å².